The summed E-state index contributed by atoms with van der Waals surface area (Å²) in [6.07, 6.45) is 2.87. The standard InChI is InChI=1S/C17H17N5O3/c1-3-24-14-6-4-13(5-7-14)20-16(23)12-9-18-17(19-10-12)21-15-8-11(2)25-22-15/h4-10H,3H2,1-2H3,(H,20,23)(H,18,19,21,22). The van der Waals surface area contributed by atoms with Gasteiger partial charge in [0.2, 0.25) is 5.95 Å². The van der Waals surface area contributed by atoms with E-state index in [-0.39, 0.29) is 5.91 Å². The van der Waals surface area contributed by atoms with E-state index in [0.29, 0.717) is 35.4 Å². The first kappa shape index (κ1) is 16.4. The smallest absolute Gasteiger partial charge is 0.258 e. The van der Waals surface area contributed by atoms with Crippen LogP contribution < -0.4 is 15.4 Å². The van der Waals surface area contributed by atoms with E-state index in [0.717, 1.165) is 5.75 Å². The van der Waals surface area contributed by atoms with Crippen LogP contribution in [0.5, 0.6) is 5.75 Å². The molecule has 0 aliphatic carbocycles. The molecule has 3 aromatic rings. The first-order chi connectivity index (χ1) is 12.1. The Labute approximate surface area is 144 Å². The number of aryl methyl sites for hydroxylation is 1. The summed E-state index contributed by atoms with van der Waals surface area (Å²) in [5, 5.41) is 9.45. The number of nitrogens with zero attached hydrogens (tertiary/aromatic N) is 3. The minimum atomic E-state index is -0.298. The van der Waals surface area contributed by atoms with E-state index >= 15 is 0 Å². The van der Waals surface area contributed by atoms with Crippen LogP contribution in [0.15, 0.2) is 47.2 Å². The number of carbonyl (C=O) groups excluding carboxylic acids is 1. The molecule has 8 heteroatoms. The summed E-state index contributed by atoms with van der Waals surface area (Å²) in [7, 11) is 0. The average Bonchev–Trinajstić information content (AvgIpc) is 3.02. The van der Waals surface area contributed by atoms with Crippen molar-refractivity contribution in [3.8, 4) is 5.75 Å². The lowest BCUT2D eigenvalue weighted by molar-refractivity contribution is 0.102. The van der Waals surface area contributed by atoms with E-state index in [2.05, 4.69) is 25.8 Å². The quantitative estimate of drug-likeness (QED) is 0.711. The highest BCUT2D eigenvalue weighted by molar-refractivity contribution is 6.03. The fraction of sp³-hybridized carbons (Fsp3) is 0.176. The maximum atomic E-state index is 12.2. The molecule has 8 nitrogen and oxygen atoms in total. The second-order valence-electron chi connectivity index (χ2n) is 5.15. The van der Waals surface area contributed by atoms with Crippen molar-refractivity contribution < 1.29 is 14.1 Å². The van der Waals surface area contributed by atoms with Crippen molar-refractivity contribution in [2.24, 2.45) is 0 Å². The van der Waals surface area contributed by atoms with E-state index in [1.54, 1.807) is 37.3 Å². The van der Waals surface area contributed by atoms with Gasteiger partial charge in [-0.2, -0.15) is 0 Å². The molecule has 2 heterocycles. The molecule has 1 aromatic carbocycles. The summed E-state index contributed by atoms with van der Waals surface area (Å²) in [6.45, 7) is 4.29. The normalized spacial score (nSPS) is 10.3. The molecule has 0 atom stereocenters. The zero-order valence-corrected chi connectivity index (χ0v) is 13.8. The van der Waals surface area contributed by atoms with Gasteiger partial charge in [0, 0.05) is 24.1 Å². The number of carbonyl (C=O) groups is 1. The predicted molar refractivity (Wildman–Crippen MR) is 92.1 cm³/mol. The maximum absolute atomic E-state index is 12.2. The van der Waals surface area contributed by atoms with Gasteiger partial charge in [0.1, 0.15) is 11.5 Å². The Morgan fingerprint density at radius 2 is 1.92 bits per heavy atom. The fourth-order valence-electron chi connectivity index (χ4n) is 2.05. The Balaban J connectivity index is 1.62. The molecular weight excluding hydrogens is 322 g/mol. The van der Waals surface area contributed by atoms with Crippen molar-refractivity contribution in [2.75, 3.05) is 17.2 Å². The SMILES string of the molecule is CCOc1ccc(NC(=O)c2cnc(Nc3cc(C)on3)nc2)cc1. The minimum absolute atomic E-state index is 0.298. The monoisotopic (exact) mass is 339 g/mol. The van der Waals surface area contributed by atoms with E-state index in [1.165, 1.54) is 12.4 Å². The molecule has 0 aliphatic rings. The number of hydrogen-bond acceptors (Lipinski definition) is 7. The number of nitrogens with one attached hydrogen (secondary N) is 2. The van der Waals surface area contributed by atoms with Crippen LogP contribution in [0.1, 0.15) is 23.0 Å². The van der Waals surface area contributed by atoms with Crippen molar-refractivity contribution in [1.29, 1.82) is 0 Å². The lowest BCUT2D eigenvalue weighted by Gasteiger charge is -2.07. The first-order valence-electron chi connectivity index (χ1n) is 7.70. The van der Waals surface area contributed by atoms with Crippen LogP contribution in [0, 0.1) is 6.92 Å². The average molecular weight is 339 g/mol. The summed E-state index contributed by atoms with van der Waals surface area (Å²) in [5.41, 5.74) is 1.00. The fourth-order valence-corrected chi connectivity index (χ4v) is 2.05. The number of hydrogen-bond donors (Lipinski definition) is 2. The van der Waals surface area contributed by atoms with Crippen LogP contribution in [-0.4, -0.2) is 27.6 Å². The molecule has 0 radical (unpaired) electrons. The molecule has 0 spiro atoms. The molecular formula is C17H17N5O3. The van der Waals surface area contributed by atoms with Gasteiger partial charge >= 0.3 is 0 Å². The summed E-state index contributed by atoms with van der Waals surface area (Å²) >= 11 is 0. The molecule has 3 rings (SSSR count). The molecule has 0 unspecified atom stereocenters. The van der Waals surface area contributed by atoms with Crippen LogP contribution in [0.4, 0.5) is 17.5 Å². The summed E-state index contributed by atoms with van der Waals surface area (Å²) in [6, 6.07) is 8.85. The van der Waals surface area contributed by atoms with Crippen LogP contribution in [0.25, 0.3) is 0 Å². The van der Waals surface area contributed by atoms with Gasteiger partial charge in [-0.05, 0) is 38.1 Å². The molecule has 128 valence electrons. The van der Waals surface area contributed by atoms with Gasteiger partial charge in [0.05, 0.1) is 12.2 Å². The zero-order chi connectivity index (χ0) is 17.6. The maximum Gasteiger partial charge on any atom is 0.258 e. The van der Waals surface area contributed by atoms with Crippen molar-refractivity contribution in [3.63, 3.8) is 0 Å². The molecule has 1 amide bonds. The van der Waals surface area contributed by atoms with Crippen molar-refractivity contribution >= 4 is 23.4 Å². The third kappa shape index (κ3) is 4.31. The number of ether oxygens (including phenoxy) is 1. The highest BCUT2D eigenvalue weighted by Crippen LogP contribution is 2.17. The van der Waals surface area contributed by atoms with Crippen LogP contribution in [-0.2, 0) is 0 Å². The molecule has 0 saturated heterocycles. The van der Waals surface area contributed by atoms with E-state index in [9.17, 15) is 4.79 Å². The number of rotatable bonds is 6. The Morgan fingerprint density at radius 3 is 2.52 bits per heavy atom. The molecule has 2 aromatic heterocycles. The third-order valence-electron chi connectivity index (χ3n) is 3.21. The van der Waals surface area contributed by atoms with Crippen LogP contribution in [0.3, 0.4) is 0 Å². The summed E-state index contributed by atoms with van der Waals surface area (Å²) < 4.78 is 10.3. The van der Waals surface area contributed by atoms with Gasteiger partial charge in [-0.1, -0.05) is 5.16 Å². The van der Waals surface area contributed by atoms with Crippen molar-refractivity contribution in [1.82, 2.24) is 15.1 Å². The van der Waals surface area contributed by atoms with Crippen molar-refractivity contribution in [3.05, 3.63) is 54.0 Å². The molecule has 0 aliphatic heterocycles. The molecule has 0 fully saturated rings. The molecule has 0 saturated carbocycles. The highest BCUT2D eigenvalue weighted by Gasteiger charge is 2.09. The number of amides is 1. The van der Waals surface area contributed by atoms with Gasteiger partial charge in [0.25, 0.3) is 5.91 Å². The lowest BCUT2D eigenvalue weighted by atomic mass is 10.2. The lowest BCUT2D eigenvalue weighted by Crippen LogP contribution is -2.13. The Morgan fingerprint density at radius 1 is 1.20 bits per heavy atom. The predicted octanol–water partition coefficient (Wildman–Crippen LogP) is 3.17. The Kier molecular flexibility index (Phi) is 4.89. The Bertz CT molecular complexity index is 843. The van der Waals surface area contributed by atoms with Crippen LogP contribution >= 0.6 is 0 Å². The van der Waals surface area contributed by atoms with Crippen LogP contribution in [0.2, 0.25) is 0 Å². The van der Waals surface area contributed by atoms with Gasteiger partial charge in [0.15, 0.2) is 5.82 Å². The van der Waals surface area contributed by atoms with E-state index in [4.69, 9.17) is 9.26 Å². The van der Waals surface area contributed by atoms with Crippen molar-refractivity contribution in [2.45, 2.75) is 13.8 Å². The second kappa shape index (κ2) is 7.43. The topological polar surface area (TPSA) is 102 Å². The van der Waals surface area contributed by atoms with E-state index in [1.807, 2.05) is 6.92 Å². The van der Waals surface area contributed by atoms with Gasteiger partial charge in [-0.3, -0.25) is 4.79 Å². The number of anilines is 3. The zero-order valence-electron chi connectivity index (χ0n) is 13.8. The largest absolute Gasteiger partial charge is 0.494 e. The van der Waals surface area contributed by atoms with Gasteiger partial charge < -0.3 is 19.9 Å². The highest BCUT2D eigenvalue weighted by atomic mass is 16.5. The summed E-state index contributed by atoms with van der Waals surface area (Å²) in [5.74, 6) is 1.96. The van der Waals surface area contributed by atoms with Gasteiger partial charge in [-0.25, -0.2) is 9.97 Å². The van der Waals surface area contributed by atoms with Gasteiger partial charge in [-0.15, -0.1) is 0 Å². The molecule has 0 bridgehead atoms. The number of benzene rings is 1. The Hall–Kier alpha value is -3.42. The molecule has 2 N–H and O–H groups in total. The minimum Gasteiger partial charge on any atom is -0.494 e. The first-order valence-corrected chi connectivity index (χ1v) is 7.70. The molecule has 25 heavy (non-hydrogen) atoms. The summed E-state index contributed by atoms with van der Waals surface area (Å²) in [4.78, 5) is 20.4. The number of aromatic nitrogens is 3. The van der Waals surface area contributed by atoms with E-state index < -0.39 is 0 Å². The second-order valence-corrected chi connectivity index (χ2v) is 5.15. The third-order valence-corrected chi connectivity index (χ3v) is 3.21.